The summed E-state index contributed by atoms with van der Waals surface area (Å²) >= 11 is 0. The van der Waals surface area contributed by atoms with Gasteiger partial charge in [-0.05, 0) is 12.3 Å². The highest BCUT2D eigenvalue weighted by molar-refractivity contribution is 5.20. The highest BCUT2D eigenvalue weighted by atomic mass is 16.6. The molecule has 1 aliphatic heterocycles. The Morgan fingerprint density at radius 3 is 2.80 bits per heavy atom. The molecule has 80 valence electrons. The van der Waals surface area contributed by atoms with E-state index in [1.165, 1.54) is 0 Å². The fourth-order valence-electron chi connectivity index (χ4n) is 2.00. The normalized spacial score (nSPS) is 31.1. The standard InChI is InChI=1S/C13H16O2/c1-2-11-8-9-15-13(14,10-11)12-6-4-3-5-7-12/h2-7,11,14H,1,8-10H2. The van der Waals surface area contributed by atoms with Crippen LogP contribution < -0.4 is 0 Å². The number of rotatable bonds is 2. The third-order valence-electron chi connectivity index (χ3n) is 2.93. The summed E-state index contributed by atoms with van der Waals surface area (Å²) in [7, 11) is 0. The molecule has 2 rings (SSSR count). The van der Waals surface area contributed by atoms with Crippen molar-refractivity contribution in [1.82, 2.24) is 0 Å². The van der Waals surface area contributed by atoms with Crippen molar-refractivity contribution in [2.24, 2.45) is 5.92 Å². The maximum absolute atomic E-state index is 10.4. The van der Waals surface area contributed by atoms with Crippen LogP contribution in [0.2, 0.25) is 0 Å². The van der Waals surface area contributed by atoms with E-state index in [1.54, 1.807) is 0 Å². The summed E-state index contributed by atoms with van der Waals surface area (Å²) in [5.74, 6) is -0.790. The first-order valence-corrected chi connectivity index (χ1v) is 5.29. The number of ether oxygens (including phenoxy) is 1. The third-order valence-corrected chi connectivity index (χ3v) is 2.93. The monoisotopic (exact) mass is 204 g/mol. The molecule has 15 heavy (non-hydrogen) atoms. The summed E-state index contributed by atoms with van der Waals surface area (Å²) in [6.07, 6.45) is 3.44. The van der Waals surface area contributed by atoms with Gasteiger partial charge in [-0.3, -0.25) is 0 Å². The van der Waals surface area contributed by atoms with Crippen LogP contribution in [0.15, 0.2) is 43.0 Å². The van der Waals surface area contributed by atoms with Gasteiger partial charge in [0.05, 0.1) is 6.61 Å². The maximum Gasteiger partial charge on any atom is 0.192 e. The summed E-state index contributed by atoms with van der Waals surface area (Å²) in [5, 5.41) is 10.4. The Kier molecular flexibility index (Phi) is 2.89. The Balaban J connectivity index is 2.22. The Morgan fingerprint density at radius 1 is 1.40 bits per heavy atom. The summed E-state index contributed by atoms with van der Waals surface area (Å²) in [5.41, 5.74) is 0.830. The Morgan fingerprint density at radius 2 is 2.13 bits per heavy atom. The van der Waals surface area contributed by atoms with Crippen molar-refractivity contribution >= 4 is 0 Å². The molecule has 1 aromatic carbocycles. The molecule has 0 saturated carbocycles. The first-order valence-electron chi connectivity index (χ1n) is 5.29. The number of benzene rings is 1. The molecule has 1 fully saturated rings. The van der Waals surface area contributed by atoms with Crippen LogP contribution in [0, 0.1) is 5.92 Å². The minimum absolute atomic E-state index is 0.337. The van der Waals surface area contributed by atoms with Gasteiger partial charge in [0.15, 0.2) is 5.79 Å². The summed E-state index contributed by atoms with van der Waals surface area (Å²) in [4.78, 5) is 0. The van der Waals surface area contributed by atoms with Gasteiger partial charge in [-0.25, -0.2) is 0 Å². The number of hydrogen-bond acceptors (Lipinski definition) is 2. The molecule has 2 unspecified atom stereocenters. The summed E-state index contributed by atoms with van der Waals surface area (Å²) < 4.78 is 5.49. The van der Waals surface area contributed by atoms with Crippen molar-refractivity contribution in [1.29, 1.82) is 0 Å². The zero-order valence-corrected chi connectivity index (χ0v) is 8.73. The minimum atomic E-state index is -1.13. The molecule has 2 nitrogen and oxygen atoms in total. The van der Waals surface area contributed by atoms with E-state index in [1.807, 2.05) is 36.4 Å². The molecule has 0 aliphatic carbocycles. The van der Waals surface area contributed by atoms with Gasteiger partial charge in [0, 0.05) is 12.0 Å². The molecule has 0 spiro atoms. The molecule has 0 radical (unpaired) electrons. The average molecular weight is 204 g/mol. The predicted molar refractivity (Wildman–Crippen MR) is 59.2 cm³/mol. The molecule has 1 N–H and O–H groups in total. The molecular weight excluding hydrogens is 188 g/mol. The Labute approximate surface area is 90.2 Å². The highest BCUT2D eigenvalue weighted by Crippen LogP contribution is 2.35. The van der Waals surface area contributed by atoms with Gasteiger partial charge >= 0.3 is 0 Å². The number of aliphatic hydroxyl groups is 1. The molecule has 2 heteroatoms. The van der Waals surface area contributed by atoms with Crippen LogP contribution in [-0.2, 0) is 10.5 Å². The molecular formula is C13H16O2. The lowest BCUT2D eigenvalue weighted by Crippen LogP contribution is -2.36. The van der Waals surface area contributed by atoms with E-state index in [-0.39, 0.29) is 0 Å². The van der Waals surface area contributed by atoms with Crippen LogP contribution in [0.1, 0.15) is 18.4 Å². The third kappa shape index (κ3) is 2.11. The van der Waals surface area contributed by atoms with Crippen molar-refractivity contribution in [2.75, 3.05) is 6.61 Å². The quantitative estimate of drug-likeness (QED) is 0.750. The first kappa shape index (κ1) is 10.4. The van der Waals surface area contributed by atoms with Gasteiger partial charge in [0.25, 0.3) is 0 Å². The van der Waals surface area contributed by atoms with Crippen molar-refractivity contribution < 1.29 is 9.84 Å². The van der Waals surface area contributed by atoms with Crippen molar-refractivity contribution in [2.45, 2.75) is 18.6 Å². The van der Waals surface area contributed by atoms with Gasteiger partial charge in [0.2, 0.25) is 0 Å². The largest absolute Gasteiger partial charge is 0.362 e. The second-order valence-electron chi connectivity index (χ2n) is 3.99. The zero-order valence-electron chi connectivity index (χ0n) is 8.73. The van der Waals surface area contributed by atoms with Crippen LogP contribution in [0.25, 0.3) is 0 Å². The van der Waals surface area contributed by atoms with E-state index in [0.717, 1.165) is 12.0 Å². The van der Waals surface area contributed by atoms with Crippen LogP contribution in [0.3, 0.4) is 0 Å². The topological polar surface area (TPSA) is 29.5 Å². The lowest BCUT2D eigenvalue weighted by atomic mass is 9.89. The lowest BCUT2D eigenvalue weighted by molar-refractivity contribution is -0.241. The molecule has 0 bridgehead atoms. The van der Waals surface area contributed by atoms with Crippen LogP contribution in [-0.4, -0.2) is 11.7 Å². The van der Waals surface area contributed by atoms with Gasteiger partial charge in [0.1, 0.15) is 0 Å². The predicted octanol–water partition coefficient (Wildman–Crippen LogP) is 2.44. The fourth-order valence-corrected chi connectivity index (χ4v) is 2.00. The van der Waals surface area contributed by atoms with Crippen LogP contribution >= 0.6 is 0 Å². The van der Waals surface area contributed by atoms with E-state index >= 15 is 0 Å². The van der Waals surface area contributed by atoms with Crippen molar-refractivity contribution in [3.8, 4) is 0 Å². The highest BCUT2D eigenvalue weighted by Gasteiger charge is 2.35. The Hall–Kier alpha value is -1.12. The van der Waals surface area contributed by atoms with E-state index in [4.69, 9.17) is 4.74 Å². The summed E-state index contributed by atoms with van der Waals surface area (Å²) in [6, 6.07) is 9.54. The average Bonchev–Trinajstić information content (AvgIpc) is 2.30. The SMILES string of the molecule is C=CC1CCOC(O)(c2ccccc2)C1. The van der Waals surface area contributed by atoms with Crippen molar-refractivity contribution in [3.63, 3.8) is 0 Å². The molecule has 1 heterocycles. The van der Waals surface area contributed by atoms with E-state index < -0.39 is 5.79 Å². The van der Waals surface area contributed by atoms with Gasteiger partial charge in [-0.2, -0.15) is 0 Å². The van der Waals surface area contributed by atoms with E-state index in [2.05, 4.69) is 6.58 Å². The number of hydrogen-bond donors (Lipinski definition) is 1. The van der Waals surface area contributed by atoms with Gasteiger partial charge < -0.3 is 9.84 Å². The molecule has 1 saturated heterocycles. The smallest absolute Gasteiger partial charge is 0.192 e. The second-order valence-corrected chi connectivity index (χ2v) is 3.99. The van der Waals surface area contributed by atoms with Gasteiger partial charge in [-0.15, -0.1) is 6.58 Å². The molecule has 1 aliphatic rings. The van der Waals surface area contributed by atoms with Gasteiger partial charge in [-0.1, -0.05) is 36.4 Å². The van der Waals surface area contributed by atoms with E-state index in [9.17, 15) is 5.11 Å². The second kappa shape index (κ2) is 4.17. The lowest BCUT2D eigenvalue weighted by Gasteiger charge is -2.36. The molecule has 0 aromatic heterocycles. The van der Waals surface area contributed by atoms with E-state index in [0.29, 0.717) is 18.9 Å². The van der Waals surface area contributed by atoms with Crippen LogP contribution in [0.4, 0.5) is 0 Å². The molecule has 1 aromatic rings. The molecule has 2 atom stereocenters. The maximum atomic E-state index is 10.4. The van der Waals surface area contributed by atoms with Crippen LogP contribution in [0.5, 0.6) is 0 Å². The zero-order chi connectivity index (χ0) is 10.7. The molecule has 0 amide bonds. The summed E-state index contributed by atoms with van der Waals surface area (Å²) in [6.45, 7) is 4.36. The van der Waals surface area contributed by atoms with Crippen molar-refractivity contribution in [3.05, 3.63) is 48.6 Å². The Bertz CT molecular complexity index is 334. The minimum Gasteiger partial charge on any atom is -0.362 e. The first-order chi connectivity index (χ1) is 7.24. The fraction of sp³-hybridized carbons (Fsp3) is 0.385. The number of allylic oxidation sites excluding steroid dienone is 1.